The molecule has 27 heavy (non-hydrogen) atoms. The van der Waals surface area contributed by atoms with E-state index in [9.17, 15) is 0 Å². The molecule has 0 saturated heterocycles. The summed E-state index contributed by atoms with van der Waals surface area (Å²) in [6, 6.07) is 12.3. The van der Waals surface area contributed by atoms with E-state index in [-0.39, 0.29) is 6.54 Å². The van der Waals surface area contributed by atoms with E-state index < -0.39 is 5.79 Å². The molecule has 0 saturated carbocycles. The molecule has 0 aliphatic carbocycles. The van der Waals surface area contributed by atoms with Gasteiger partial charge in [0.25, 0.3) is 5.79 Å². The normalized spacial score (nSPS) is 14.6. The Kier molecular flexibility index (Phi) is 4.91. The monoisotopic (exact) mass is 422 g/mol. The number of benzene rings is 2. The van der Waals surface area contributed by atoms with E-state index in [1.165, 1.54) is 12.5 Å². The second-order valence-electron chi connectivity index (χ2n) is 5.80. The molecule has 1 aliphatic heterocycles. The van der Waals surface area contributed by atoms with Crippen LogP contribution in [0, 0.1) is 0 Å². The number of ether oxygens (including phenoxy) is 3. The van der Waals surface area contributed by atoms with Gasteiger partial charge in [0.2, 0.25) is 0 Å². The molecule has 0 bridgehead atoms. The van der Waals surface area contributed by atoms with E-state index in [4.69, 9.17) is 49.0 Å². The van der Waals surface area contributed by atoms with Crippen LogP contribution in [0.15, 0.2) is 67.5 Å². The largest absolute Gasteiger partial charge is 0.457 e. The van der Waals surface area contributed by atoms with E-state index in [1.54, 1.807) is 59.6 Å². The number of rotatable bonds is 5. The third-order valence-electron chi connectivity index (χ3n) is 4.01. The van der Waals surface area contributed by atoms with Crippen molar-refractivity contribution in [2.45, 2.75) is 12.3 Å². The molecule has 2 heterocycles. The summed E-state index contributed by atoms with van der Waals surface area (Å²) in [6.07, 6.45) is 6.09. The Morgan fingerprint density at radius 1 is 0.963 bits per heavy atom. The van der Waals surface area contributed by atoms with Crippen molar-refractivity contribution in [3.63, 3.8) is 0 Å². The summed E-state index contributed by atoms with van der Waals surface area (Å²) in [5.74, 6) is 0.0891. The lowest BCUT2D eigenvalue weighted by Gasteiger charge is -2.29. The van der Waals surface area contributed by atoms with Crippen LogP contribution in [0.3, 0.4) is 0 Å². The van der Waals surface area contributed by atoms with Crippen LogP contribution < -0.4 is 4.74 Å². The first-order chi connectivity index (χ1) is 13.1. The van der Waals surface area contributed by atoms with Crippen LogP contribution in [0.1, 0.15) is 5.56 Å². The number of aromatic nitrogens is 2. The molecule has 0 spiro atoms. The first kappa shape index (κ1) is 18.0. The lowest BCUT2D eigenvalue weighted by Crippen LogP contribution is -2.33. The van der Waals surface area contributed by atoms with Crippen molar-refractivity contribution in [2.75, 3.05) is 0 Å². The lowest BCUT2D eigenvalue weighted by molar-refractivity contribution is -0.160. The molecule has 5 nitrogen and oxygen atoms in total. The van der Waals surface area contributed by atoms with Crippen LogP contribution in [0.25, 0.3) is 0 Å². The Bertz CT molecular complexity index is 978. The quantitative estimate of drug-likeness (QED) is 0.504. The van der Waals surface area contributed by atoms with Crippen LogP contribution in [0.2, 0.25) is 15.2 Å². The highest BCUT2D eigenvalue weighted by Crippen LogP contribution is 2.40. The molecule has 0 unspecified atom stereocenters. The van der Waals surface area contributed by atoms with Crippen molar-refractivity contribution in [3.8, 4) is 11.5 Å². The zero-order valence-electron chi connectivity index (χ0n) is 13.8. The highest BCUT2D eigenvalue weighted by Gasteiger charge is 2.41. The summed E-state index contributed by atoms with van der Waals surface area (Å²) in [5.41, 5.74) is 0.641. The topological polar surface area (TPSA) is 45.5 Å². The second-order valence-corrected chi connectivity index (χ2v) is 7.03. The highest BCUT2D eigenvalue weighted by molar-refractivity contribution is 6.31. The van der Waals surface area contributed by atoms with E-state index >= 15 is 0 Å². The molecule has 8 heteroatoms. The Hall–Kier alpha value is -2.34. The van der Waals surface area contributed by atoms with Crippen LogP contribution in [-0.4, -0.2) is 9.55 Å². The molecule has 0 N–H and O–H groups in total. The van der Waals surface area contributed by atoms with E-state index in [0.29, 0.717) is 32.3 Å². The van der Waals surface area contributed by atoms with Crippen molar-refractivity contribution >= 4 is 34.8 Å². The summed E-state index contributed by atoms with van der Waals surface area (Å²) < 4.78 is 19.0. The van der Waals surface area contributed by atoms with Gasteiger partial charge in [-0.25, -0.2) is 4.98 Å². The number of hydrogen-bond donors (Lipinski definition) is 0. The molecule has 4 rings (SSSR count). The molecule has 0 radical (unpaired) electrons. The fourth-order valence-corrected chi connectivity index (χ4v) is 3.34. The third kappa shape index (κ3) is 3.72. The fraction of sp³-hybridized carbons (Fsp3) is 0.105. The summed E-state index contributed by atoms with van der Waals surface area (Å²) >= 11 is 18.6. The maximum Gasteiger partial charge on any atom is 0.296 e. The molecule has 0 fully saturated rings. The standard InChI is InChI=1S/C19H13Cl3N2O3/c20-13-1-3-14(4-2-13)27-15-5-6-16(17(21)9-15)19(25-7-8-26-19)11-24-12-23-10-18(24)22/h1-10,12H,11H2. The number of halogens is 3. The lowest BCUT2D eigenvalue weighted by atomic mass is 10.0. The number of nitrogens with zero attached hydrogens (tertiary/aromatic N) is 2. The Labute approximate surface area is 170 Å². The van der Waals surface area contributed by atoms with E-state index in [0.717, 1.165) is 0 Å². The van der Waals surface area contributed by atoms with Gasteiger partial charge in [-0.05, 0) is 42.5 Å². The van der Waals surface area contributed by atoms with Crippen molar-refractivity contribution < 1.29 is 14.2 Å². The SMILES string of the molecule is Clc1ccc(Oc2ccc(C3(Cn4cncc4Cl)OC=CO3)c(Cl)c2)cc1. The summed E-state index contributed by atoms with van der Waals surface area (Å²) in [4.78, 5) is 4.02. The van der Waals surface area contributed by atoms with Gasteiger partial charge in [-0.2, -0.15) is 0 Å². The predicted molar refractivity (Wildman–Crippen MR) is 103 cm³/mol. The van der Waals surface area contributed by atoms with Gasteiger partial charge < -0.3 is 18.8 Å². The van der Waals surface area contributed by atoms with Crippen LogP contribution >= 0.6 is 34.8 Å². The van der Waals surface area contributed by atoms with Gasteiger partial charge in [0.05, 0.1) is 23.1 Å². The second kappa shape index (κ2) is 7.35. The number of imidazole rings is 1. The maximum atomic E-state index is 6.52. The molecule has 0 atom stereocenters. The minimum Gasteiger partial charge on any atom is -0.457 e. The molecular formula is C19H13Cl3N2O3. The van der Waals surface area contributed by atoms with Gasteiger partial charge in [-0.3, -0.25) is 0 Å². The molecule has 2 aromatic carbocycles. The molecular weight excluding hydrogens is 411 g/mol. The first-order valence-electron chi connectivity index (χ1n) is 7.95. The van der Waals surface area contributed by atoms with Crippen molar-refractivity contribution in [1.82, 2.24) is 9.55 Å². The van der Waals surface area contributed by atoms with Crippen molar-refractivity contribution in [2.24, 2.45) is 0 Å². The average Bonchev–Trinajstić information content (AvgIpc) is 3.28. The highest BCUT2D eigenvalue weighted by atomic mass is 35.5. The Balaban J connectivity index is 1.62. The van der Waals surface area contributed by atoms with Gasteiger partial charge in [0.1, 0.15) is 35.7 Å². The van der Waals surface area contributed by atoms with E-state index in [1.807, 2.05) is 0 Å². The number of hydrogen-bond acceptors (Lipinski definition) is 4. The maximum absolute atomic E-state index is 6.52. The molecule has 3 aromatic rings. The molecule has 138 valence electrons. The van der Waals surface area contributed by atoms with Gasteiger partial charge in [0, 0.05) is 5.02 Å². The molecule has 1 aromatic heterocycles. The van der Waals surface area contributed by atoms with Crippen molar-refractivity contribution in [1.29, 1.82) is 0 Å². The summed E-state index contributed by atoms with van der Waals surface area (Å²) in [5, 5.41) is 1.53. The van der Waals surface area contributed by atoms with Gasteiger partial charge in [0.15, 0.2) is 0 Å². The average molecular weight is 424 g/mol. The molecule has 0 amide bonds. The predicted octanol–water partition coefficient (Wildman–Crippen LogP) is 6.01. The Morgan fingerprint density at radius 3 is 2.30 bits per heavy atom. The third-order valence-corrected chi connectivity index (χ3v) is 4.89. The summed E-state index contributed by atoms with van der Waals surface area (Å²) in [7, 11) is 0. The minimum atomic E-state index is -1.14. The first-order valence-corrected chi connectivity index (χ1v) is 9.09. The zero-order valence-corrected chi connectivity index (χ0v) is 16.1. The summed E-state index contributed by atoms with van der Waals surface area (Å²) in [6.45, 7) is 0.274. The molecule has 1 aliphatic rings. The van der Waals surface area contributed by atoms with Gasteiger partial charge >= 0.3 is 0 Å². The van der Waals surface area contributed by atoms with Crippen LogP contribution in [0.5, 0.6) is 11.5 Å². The fourth-order valence-electron chi connectivity index (χ4n) is 2.74. The van der Waals surface area contributed by atoms with Crippen LogP contribution in [-0.2, 0) is 21.8 Å². The van der Waals surface area contributed by atoms with E-state index in [2.05, 4.69) is 4.98 Å². The van der Waals surface area contributed by atoms with Gasteiger partial charge in [-0.15, -0.1) is 0 Å². The smallest absolute Gasteiger partial charge is 0.296 e. The van der Waals surface area contributed by atoms with Crippen LogP contribution in [0.4, 0.5) is 0 Å². The Morgan fingerprint density at radius 2 is 1.67 bits per heavy atom. The zero-order chi connectivity index (χ0) is 18.9. The van der Waals surface area contributed by atoms with Crippen molar-refractivity contribution in [3.05, 3.63) is 88.3 Å². The van der Waals surface area contributed by atoms with Gasteiger partial charge in [-0.1, -0.05) is 34.8 Å². The minimum absolute atomic E-state index is 0.274.